The molecule has 0 spiro atoms. The number of rotatable bonds is 6. The van der Waals surface area contributed by atoms with Crippen molar-refractivity contribution in [2.45, 2.75) is 25.5 Å². The summed E-state index contributed by atoms with van der Waals surface area (Å²) in [5.41, 5.74) is 1.06. The van der Waals surface area contributed by atoms with Crippen molar-refractivity contribution in [3.8, 4) is 11.4 Å². The highest BCUT2D eigenvalue weighted by Gasteiger charge is 2.15. The van der Waals surface area contributed by atoms with Gasteiger partial charge in [-0.1, -0.05) is 11.8 Å². The van der Waals surface area contributed by atoms with E-state index in [0.717, 1.165) is 27.6 Å². The molecule has 25 heavy (non-hydrogen) atoms. The quantitative estimate of drug-likeness (QED) is 0.584. The minimum Gasteiger partial charge on any atom is -0.310 e. The topological polar surface area (TPSA) is 72.7 Å². The molecule has 0 atom stereocenters. The molecule has 130 valence electrons. The highest BCUT2D eigenvalue weighted by Crippen LogP contribution is 2.27. The minimum absolute atomic E-state index is 0.126. The van der Waals surface area contributed by atoms with Crippen LogP contribution in [0.15, 0.2) is 39.4 Å². The molecular formula is C16H16BrN5OS2. The maximum absolute atomic E-state index is 12.1. The lowest BCUT2D eigenvalue weighted by Gasteiger charge is -2.07. The van der Waals surface area contributed by atoms with E-state index in [9.17, 15) is 4.79 Å². The molecule has 6 nitrogen and oxygen atoms in total. The van der Waals surface area contributed by atoms with Crippen LogP contribution < -0.4 is 5.32 Å². The van der Waals surface area contributed by atoms with Crippen molar-refractivity contribution in [2.24, 2.45) is 0 Å². The summed E-state index contributed by atoms with van der Waals surface area (Å²) in [5.74, 6) is 1.49. The van der Waals surface area contributed by atoms with Gasteiger partial charge in [-0.15, -0.1) is 21.5 Å². The number of thioether (sulfide) groups is 1. The molecule has 0 aliphatic heterocycles. The Morgan fingerprint density at radius 2 is 2.24 bits per heavy atom. The third-order valence-electron chi connectivity index (χ3n) is 3.35. The van der Waals surface area contributed by atoms with Gasteiger partial charge in [-0.05, 0) is 48.0 Å². The Balaban J connectivity index is 1.66. The maximum atomic E-state index is 12.1. The van der Waals surface area contributed by atoms with Crippen LogP contribution in [0.3, 0.4) is 0 Å². The fourth-order valence-corrected chi connectivity index (χ4v) is 3.93. The first kappa shape index (κ1) is 18.1. The Morgan fingerprint density at radius 1 is 1.40 bits per heavy atom. The lowest BCUT2D eigenvalue weighted by atomic mass is 10.3. The highest BCUT2D eigenvalue weighted by molar-refractivity contribution is 9.10. The van der Waals surface area contributed by atoms with Gasteiger partial charge in [0.25, 0.3) is 0 Å². The molecule has 0 aliphatic rings. The van der Waals surface area contributed by atoms with E-state index in [1.807, 2.05) is 17.6 Å². The molecule has 3 rings (SSSR count). The van der Waals surface area contributed by atoms with E-state index < -0.39 is 0 Å². The Kier molecular flexibility index (Phi) is 5.87. The molecular weight excluding hydrogens is 422 g/mol. The van der Waals surface area contributed by atoms with Crippen LogP contribution in [-0.2, 0) is 11.3 Å². The first-order valence-corrected chi connectivity index (χ1v) is 10.3. The number of thiophene rings is 1. The number of carbonyl (C=O) groups is 1. The van der Waals surface area contributed by atoms with E-state index in [2.05, 4.69) is 54.8 Å². The number of hydrogen-bond acceptors (Lipinski definition) is 6. The van der Waals surface area contributed by atoms with E-state index in [4.69, 9.17) is 0 Å². The average Bonchev–Trinajstić information content (AvgIpc) is 3.20. The monoisotopic (exact) mass is 437 g/mol. The van der Waals surface area contributed by atoms with E-state index in [0.29, 0.717) is 5.82 Å². The molecule has 3 aromatic rings. The van der Waals surface area contributed by atoms with E-state index in [-0.39, 0.29) is 11.7 Å². The van der Waals surface area contributed by atoms with Gasteiger partial charge >= 0.3 is 0 Å². The number of nitrogens with one attached hydrogen (secondary N) is 1. The van der Waals surface area contributed by atoms with Crippen molar-refractivity contribution in [3.63, 3.8) is 0 Å². The van der Waals surface area contributed by atoms with Crippen LogP contribution in [0.1, 0.15) is 11.8 Å². The van der Waals surface area contributed by atoms with Gasteiger partial charge in [0.05, 0.1) is 5.75 Å². The fourth-order valence-electron chi connectivity index (χ4n) is 2.21. The first-order valence-electron chi connectivity index (χ1n) is 7.59. The summed E-state index contributed by atoms with van der Waals surface area (Å²) in [7, 11) is 0. The smallest absolute Gasteiger partial charge is 0.236 e. The Bertz CT molecular complexity index is 875. The molecule has 0 unspecified atom stereocenters. The summed E-state index contributed by atoms with van der Waals surface area (Å²) >= 11 is 6.37. The molecule has 3 heterocycles. The van der Waals surface area contributed by atoms with Crippen molar-refractivity contribution >= 4 is 50.8 Å². The van der Waals surface area contributed by atoms with E-state index >= 15 is 0 Å². The summed E-state index contributed by atoms with van der Waals surface area (Å²) in [6.45, 7) is 4.86. The largest absolute Gasteiger partial charge is 0.310 e. The van der Waals surface area contributed by atoms with Gasteiger partial charge < -0.3 is 9.88 Å². The third kappa shape index (κ3) is 4.47. The number of aryl methyl sites for hydroxylation is 1. The number of anilines is 1. The van der Waals surface area contributed by atoms with E-state index in [1.165, 1.54) is 16.6 Å². The second kappa shape index (κ2) is 8.11. The summed E-state index contributed by atoms with van der Waals surface area (Å²) in [4.78, 5) is 17.5. The van der Waals surface area contributed by atoms with Crippen LogP contribution in [-0.4, -0.2) is 31.4 Å². The normalized spacial score (nSPS) is 10.8. The molecule has 0 saturated carbocycles. The Labute approximate surface area is 162 Å². The molecule has 0 radical (unpaired) electrons. The number of carbonyl (C=O) groups excluding carboxylic acids is 1. The summed E-state index contributed by atoms with van der Waals surface area (Å²) in [6, 6.07) is 5.68. The zero-order valence-electron chi connectivity index (χ0n) is 13.7. The number of nitrogens with zero attached hydrogens (tertiary/aromatic N) is 4. The molecule has 0 aromatic carbocycles. The maximum Gasteiger partial charge on any atom is 0.236 e. The van der Waals surface area contributed by atoms with Gasteiger partial charge in [0.1, 0.15) is 5.82 Å². The Morgan fingerprint density at radius 3 is 2.88 bits per heavy atom. The van der Waals surface area contributed by atoms with Crippen LogP contribution >= 0.6 is 39.0 Å². The zero-order chi connectivity index (χ0) is 17.8. The van der Waals surface area contributed by atoms with Crippen molar-refractivity contribution in [2.75, 3.05) is 11.1 Å². The van der Waals surface area contributed by atoms with Gasteiger partial charge in [0.15, 0.2) is 11.0 Å². The summed E-state index contributed by atoms with van der Waals surface area (Å²) in [6.07, 6.45) is 1.64. The van der Waals surface area contributed by atoms with Gasteiger partial charge in [-0.3, -0.25) is 4.79 Å². The molecule has 1 N–H and O–H groups in total. The number of amides is 1. The lowest BCUT2D eigenvalue weighted by Crippen LogP contribution is -2.15. The SMILES string of the molecule is CCn1c(SCC(=O)Nc2ccc(Br)cn2)nnc1-c1csc(C)c1. The second-order valence-electron chi connectivity index (χ2n) is 5.19. The molecule has 9 heteroatoms. The van der Waals surface area contributed by atoms with Crippen molar-refractivity contribution < 1.29 is 4.79 Å². The van der Waals surface area contributed by atoms with E-state index in [1.54, 1.807) is 23.6 Å². The fraction of sp³-hybridized carbons (Fsp3) is 0.250. The highest BCUT2D eigenvalue weighted by atomic mass is 79.9. The van der Waals surface area contributed by atoms with Gasteiger partial charge in [0.2, 0.25) is 5.91 Å². The van der Waals surface area contributed by atoms with Gasteiger partial charge in [0, 0.05) is 33.0 Å². The van der Waals surface area contributed by atoms with Crippen LogP contribution in [0.5, 0.6) is 0 Å². The van der Waals surface area contributed by atoms with Crippen molar-refractivity contribution in [3.05, 3.63) is 39.1 Å². The van der Waals surface area contributed by atoms with Crippen LogP contribution in [0.2, 0.25) is 0 Å². The number of aromatic nitrogens is 4. The van der Waals surface area contributed by atoms with Crippen molar-refractivity contribution in [1.82, 2.24) is 19.7 Å². The zero-order valence-corrected chi connectivity index (χ0v) is 16.9. The third-order valence-corrected chi connectivity index (χ3v) is 5.65. The van der Waals surface area contributed by atoms with Crippen LogP contribution in [0.25, 0.3) is 11.4 Å². The van der Waals surface area contributed by atoms with Gasteiger partial charge in [-0.2, -0.15) is 0 Å². The Hall–Kier alpha value is -1.71. The summed E-state index contributed by atoms with van der Waals surface area (Å²) < 4.78 is 2.89. The molecule has 1 amide bonds. The van der Waals surface area contributed by atoms with Crippen molar-refractivity contribution in [1.29, 1.82) is 0 Å². The summed E-state index contributed by atoms with van der Waals surface area (Å²) in [5, 5.41) is 14.1. The second-order valence-corrected chi connectivity index (χ2v) is 8.17. The minimum atomic E-state index is -0.126. The molecule has 3 aromatic heterocycles. The van der Waals surface area contributed by atoms with Gasteiger partial charge in [-0.25, -0.2) is 4.98 Å². The number of halogens is 1. The number of pyridine rings is 1. The first-order chi connectivity index (χ1) is 12.1. The van der Waals surface area contributed by atoms with Crippen LogP contribution in [0, 0.1) is 6.92 Å². The van der Waals surface area contributed by atoms with Crippen LogP contribution in [0.4, 0.5) is 5.82 Å². The number of hydrogen-bond donors (Lipinski definition) is 1. The molecule has 0 saturated heterocycles. The standard InChI is InChI=1S/C16H16BrN5OS2/c1-3-22-15(11-6-10(2)24-8-11)20-21-16(22)25-9-14(23)19-13-5-4-12(17)7-18-13/h4-8H,3,9H2,1-2H3,(H,18,19,23). The lowest BCUT2D eigenvalue weighted by molar-refractivity contribution is -0.113. The molecule has 0 aliphatic carbocycles. The molecule has 0 fully saturated rings. The average molecular weight is 438 g/mol. The molecule has 0 bridgehead atoms. The predicted molar refractivity (Wildman–Crippen MR) is 105 cm³/mol. The predicted octanol–water partition coefficient (Wildman–Crippen LogP) is 4.22.